The quantitative estimate of drug-likeness (QED) is 0.902. The van der Waals surface area contributed by atoms with Crippen molar-refractivity contribution >= 4 is 34.0 Å². The van der Waals surface area contributed by atoms with Crippen LogP contribution in [0.1, 0.15) is 6.42 Å². The summed E-state index contributed by atoms with van der Waals surface area (Å²) < 4.78 is 0. The van der Waals surface area contributed by atoms with Crippen LogP contribution in [0.25, 0.3) is 10.8 Å². The lowest BCUT2D eigenvalue weighted by atomic mass is 10.1. The summed E-state index contributed by atoms with van der Waals surface area (Å²) in [5.74, 6) is -1.58. The summed E-state index contributed by atoms with van der Waals surface area (Å²) in [4.78, 5) is 27.6. The van der Waals surface area contributed by atoms with Gasteiger partial charge in [-0.2, -0.15) is 0 Å². The highest BCUT2D eigenvalue weighted by molar-refractivity contribution is 6.36. The van der Waals surface area contributed by atoms with Gasteiger partial charge >= 0.3 is 5.97 Å². The van der Waals surface area contributed by atoms with E-state index in [-0.39, 0.29) is 12.1 Å². The second-order valence-electron chi connectivity index (χ2n) is 4.69. The minimum atomic E-state index is -1.17. The maximum atomic E-state index is 12.0. The van der Waals surface area contributed by atoms with E-state index in [1.54, 1.807) is 6.07 Å². The summed E-state index contributed by atoms with van der Waals surface area (Å²) >= 11 is 0. The predicted molar refractivity (Wildman–Crippen MR) is 77.1 cm³/mol. The predicted octanol–water partition coefficient (Wildman–Crippen LogP) is 2.01. The van der Waals surface area contributed by atoms with Gasteiger partial charge in [0.25, 0.3) is 5.91 Å². The van der Waals surface area contributed by atoms with Crippen LogP contribution in [0.15, 0.2) is 47.6 Å². The van der Waals surface area contributed by atoms with Crippen LogP contribution in [0.2, 0.25) is 0 Å². The molecule has 0 saturated carbocycles. The van der Waals surface area contributed by atoms with E-state index >= 15 is 0 Å². The molecule has 0 bridgehead atoms. The van der Waals surface area contributed by atoms with Crippen LogP contribution in [0, 0.1) is 0 Å². The van der Waals surface area contributed by atoms with Crippen molar-refractivity contribution in [3.8, 4) is 0 Å². The number of oxime groups is 1. The topological polar surface area (TPSA) is 88.0 Å². The molecule has 1 aliphatic heterocycles. The van der Waals surface area contributed by atoms with Crippen molar-refractivity contribution in [1.82, 2.24) is 0 Å². The maximum absolute atomic E-state index is 12.0. The zero-order chi connectivity index (χ0) is 14.8. The second kappa shape index (κ2) is 5.24. The minimum absolute atomic E-state index is 0.0330. The summed E-state index contributed by atoms with van der Waals surface area (Å²) in [6, 6.07) is 13.3. The van der Waals surface area contributed by atoms with Crippen molar-refractivity contribution in [1.29, 1.82) is 0 Å². The van der Waals surface area contributed by atoms with Gasteiger partial charge in [0, 0.05) is 12.1 Å². The number of aliphatic carboxylic acids is 1. The Morgan fingerprint density at radius 1 is 1.19 bits per heavy atom. The molecule has 1 atom stereocenters. The van der Waals surface area contributed by atoms with E-state index in [2.05, 4.69) is 10.5 Å². The number of carbonyl (C=O) groups excluding carboxylic acids is 1. The Balaban J connectivity index is 1.71. The third-order valence-electron chi connectivity index (χ3n) is 3.23. The molecule has 0 radical (unpaired) electrons. The summed E-state index contributed by atoms with van der Waals surface area (Å²) in [6.07, 6.45) is -0.933. The van der Waals surface area contributed by atoms with E-state index < -0.39 is 18.0 Å². The molecule has 2 N–H and O–H groups in total. The van der Waals surface area contributed by atoms with Crippen LogP contribution >= 0.6 is 0 Å². The average molecular weight is 284 g/mol. The van der Waals surface area contributed by atoms with E-state index in [0.717, 1.165) is 10.8 Å². The van der Waals surface area contributed by atoms with Gasteiger partial charge in [0.05, 0.1) is 0 Å². The molecular formula is C15H12N2O4. The number of carbonyl (C=O) groups is 2. The highest BCUT2D eigenvalue weighted by atomic mass is 16.6. The molecule has 1 heterocycles. The van der Waals surface area contributed by atoms with E-state index in [1.165, 1.54) is 0 Å². The number of benzene rings is 2. The van der Waals surface area contributed by atoms with Gasteiger partial charge in [0.1, 0.15) is 0 Å². The van der Waals surface area contributed by atoms with Gasteiger partial charge < -0.3 is 15.3 Å². The SMILES string of the molecule is O=C(O)C1=NOC(C(=O)Nc2ccc3ccccc3c2)C1. The average Bonchev–Trinajstić information content (AvgIpc) is 2.97. The van der Waals surface area contributed by atoms with Crippen molar-refractivity contribution < 1.29 is 19.5 Å². The lowest BCUT2D eigenvalue weighted by Crippen LogP contribution is -2.28. The Morgan fingerprint density at radius 3 is 2.67 bits per heavy atom. The molecule has 1 amide bonds. The lowest BCUT2D eigenvalue weighted by Gasteiger charge is -2.10. The molecule has 1 aliphatic rings. The number of anilines is 1. The van der Waals surface area contributed by atoms with E-state index in [4.69, 9.17) is 9.94 Å². The van der Waals surface area contributed by atoms with Crippen molar-refractivity contribution in [2.75, 3.05) is 5.32 Å². The van der Waals surface area contributed by atoms with Gasteiger partial charge in [0.15, 0.2) is 5.71 Å². The maximum Gasteiger partial charge on any atom is 0.353 e. The first kappa shape index (κ1) is 13.1. The molecule has 6 nitrogen and oxygen atoms in total. The smallest absolute Gasteiger partial charge is 0.353 e. The summed E-state index contributed by atoms with van der Waals surface area (Å²) in [6.45, 7) is 0. The van der Waals surface area contributed by atoms with Crippen LogP contribution in [0.5, 0.6) is 0 Å². The van der Waals surface area contributed by atoms with Crippen LogP contribution in [-0.2, 0) is 14.4 Å². The second-order valence-corrected chi connectivity index (χ2v) is 4.69. The Kier molecular flexibility index (Phi) is 3.27. The van der Waals surface area contributed by atoms with E-state index in [0.29, 0.717) is 5.69 Å². The number of hydrogen-bond donors (Lipinski definition) is 2. The highest BCUT2D eigenvalue weighted by Crippen LogP contribution is 2.20. The van der Waals surface area contributed by atoms with Gasteiger partial charge in [-0.1, -0.05) is 35.5 Å². The fourth-order valence-electron chi connectivity index (χ4n) is 2.13. The normalized spacial score (nSPS) is 17.1. The van der Waals surface area contributed by atoms with Crippen LogP contribution < -0.4 is 5.32 Å². The van der Waals surface area contributed by atoms with Gasteiger partial charge in [-0.25, -0.2) is 4.79 Å². The molecule has 106 valence electrons. The van der Waals surface area contributed by atoms with E-state index in [9.17, 15) is 9.59 Å². The zero-order valence-electron chi connectivity index (χ0n) is 10.9. The standard InChI is InChI=1S/C15H12N2O4/c18-14(13-8-12(15(19)20)17-21-13)16-11-6-5-9-3-1-2-4-10(9)7-11/h1-7,13H,8H2,(H,16,18)(H,19,20). The van der Waals surface area contributed by atoms with Crippen LogP contribution in [0.3, 0.4) is 0 Å². The number of carboxylic acid groups (broad SMARTS) is 1. The van der Waals surface area contributed by atoms with Crippen molar-refractivity contribution in [2.45, 2.75) is 12.5 Å². The molecule has 0 aromatic heterocycles. The van der Waals surface area contributed by atoms with Gasteiger partial charge in [-0.15, -0.1) is 0 Å². The Hall–Kier alpha value is -2.89. The number of carboxylic acids is 1. The molecule has 0 saturated heterocycles. The van der Waals surface area contributed by atoms with Gasteiger partial charge in [-0.05, 0) is 22.9 Å². The molecule has 0 aliphatic carbocycles. The lowest BCUT2D eigenvalue weighted by molar-refractivity contribution is -0.129. The number of fused-ring (bicyclic) bond motifs is 1. The number of nitrogens with one attached hydrogen (secondary N) is 1. The summed E-state index contributed by atoms with van der Waals surface area (Å²) in [7, 11) is 0. The molecule has 3 rings (SSSR count). The third-order valence-corrected chi connectivity index (χ3v) is 3.23. The van der Waals surface area contributed by atoms with E-state index in [1.807, 2.05) is 36.4 Å². The first-order valence-corrected chi connectivity index (χ1v) is 6.39. The van der Waals surface area contributed by atoms with Gasteiger partial charge in [-0.3, -0.25) is 4.79 Å². The Bertz CT molecular complexity index is 754. The Labute approximate surface area is 120 Å². The first-order chi connectivity index (χ1) is 10.1. The zero-order valence-corrected chi connectivity index (χ0v) is 10.9. The fourth-order valence-corrected chi connectivity index (χ4v) is 2.13. The fraction of sp³-hybridized carbons (Fsp3) is 0.133. The molecule has 2 aromatic rings. The number of rotatable bonds is 3. The third kappa shape index (κ3) is 2.69. The number of amides is 1. The van der Waals surface area contributed by atoms with Crippen molar-refractivity contribution in [3.63, 3.8) is 0 Å². The van der Waals surface area contributed by atoms with Crippen LogP contribution in [-0.4, -0.2) is 28.8 Å². The molecule has 1 unspecified atom stereocenters. The highest BCUT2D eigenvalue weighted by Gasteiger charge is 2.31. The summed E-state index contributed by atoms with van der Waals surface area (Å²) in [5, 5.41) is 16.9. The first-order valence-electron chi connectivity index (χ1n) is 6.39. The van der Waals surface area contributed by atoms with Gasteiger partial charge in [0.2, 0.25) is 6.10 Å². The molecule has 0 spiro atoms. The van der Waals surface area contributed by atoms with Crippen LogP contribution in [0.4, 0.5) is 5.69 Å². The minimum Gasteiger partial charge on any atom is -0.477 e. The Morgan fingerprint density at radius 2 is 1.95 bits per heavy atom. The number of hydrogen-bond acceptors (Lipinski definition) is 4. The summed E-state index contributed by atoms with van der Waals surface area (Å²) in [5.41, 5.74) is 0.486. The van der Waals surface area contributed by atoms with Crippen molar-refractivity contribution in [2.24, 2.45) is 5.16 Å². The van der Waals surface area contributed by atoms with Crippen molar-refractivity contribution in [3.05, 3.63) is 42.5 Å². The molecule has 6 heteroatoms. The molecule has 2 aromatic carbocycles. The number of nitrogens with zero attached hydrogens (tertiary/aromatic N) is 1. The largest absolute Gasteiger partial charge is 0.477 e. The molecule has 21 heavy (non-hydrogen) atoms. The molecular weight excluding hydrogens is 272 g/mol. The molecule has 0 fully saturated rings. The monoisotopic (exact) mass is 284 g/mol.